The van der Waals surface area contributed by atoms with Crippen LogP contribution in [-0.4, -0.2) is 24.0 Å². The molecule has 0 bridgehead atoms. The van der Waals surface area contributed by atoms with Crippen LogP contribution in [0, 0.1) is 12.7 Å². The molecule has 0 aromatic heterocycles. The van der Waals surface area contributed by atoms with Gasteiger partial charge in [0.25, 0.3) is 0 Å². The van der Waals surface area contributed by atoms with Crippen molar-refractivity contribution in [2.75, 3.05) is 13.1 Å². The molecule has 4 heteroatoms. The lowest BCUT2D eigenvalue weighted by Gasteiger charge is -2.33. The van der Waals surface area contributed by atoms with Crippen molar-refractivity contribution in [1.82, 2.24) is 10.2 Å². The molecule has 1 fully saturated rings. The fourth-order valence-corrected chi connectivity index (χ4v) is 2.07. The number of amides is 2. The smallest absolute Gasteiger partial charge is 0.317 e. The first-order valence-electron chi connectivity index (χ1n) is 5.90. The monoisotopic (exact) mass is 236 g/mol. The van der Waals surface area contributed by atoms with E-state index in [0.717, 1.165) is 25.1 Å². The van der Waals surface area contributed by atoms with Crippen LogP contribution in [0.15, 0.2) is 18.2 Å². The van der Waals surface area contributed by atoms with E-state index in [2.05, 4.69) is 5.32 Å². The van der Waals surface area contributed by atoms with E-state index in [1.807, 2.05) is 13.0 Å². The third kappa shape index (κ3) is 2.40. The molecule has 92 valence electrons. The third-order valence-corrected chi connectivity index (χ3v) is 3.26. The van der Waals surface area contributed by atoms with Crippen LogP contribution in [0.1, 0.15) is 30.5 Å². The minimum atomic E-state index is -0.216. The van der Waals surface area contributed by atoms with E-state index >= 15 is 0 Å². The second-order valence-corrected chi connectivity index (χ2v) is 4.46. The summed E-state index contributed by atoms with van der Waals surface area (Å²) in [5.41, 5.74) is 1.47. The first-order chi connectivity index (χ1) is 8.09. The molecule has 1 heterocycles. The Morgan fingerprint density at radius 1 is 1.47 bits per heavy atom. The number of carbonyl (C=O) groups excluding carboxylic acids is 1. The molecule has 1 aromatic rings. The summed E-state index contributed by atoms with van der Waals surface area (Å²) in [4.78, 5) is 13.4. The van der Waals surface area contributed by atoms with Gasteiger partial charge in [0.2, 0.25) is 0 Å². The summed E-state index contributed by atoms with van der Waals surface area (Å²) < 4.78 is 13.5. The number of hydrogen-bond acceptors (Lipinski definition) is 1. The molecule has 1 aliphatic rings. The van der Waals surface area contributed by atoms with Gasteiger partial charge in [-0.1, -0.05) is 12.1 Å². The molecule has 2 rings (SSSR count). The summed E-state index contributed by atoms with van der Waals surface area (Å²) in [7, 11) is 0. The van der Waals surface area contributed by atoms with Crippen LogP contribution in [-0.2, 0) is 0 Å². The molecule has 17 heavy (non-hydrogen) atoms. The Morgan fingerprint density at radius 2 is 2.24 bits per heavy atom. The maximum absolute atomic E-state index is 13.5. The molecule has 2 amide bonds. The fraction of sp³-hybridized carbons (Fsp3) is 0.462. The summed E-state index contributed by atoms with van der Waals surface area (Å²) in [5.74, 6) is -0.216. The molecule has 0 aliphatic carbocycles. The van der Waals surface area contributed by atoms with Gasteiger partial charge in [0.15, 0.2) is 0 Å². The lowest BCUT2D eigenvalue weighted by Crippen LogP contribution is -2.47. The number of aryl methyl sites for hydroxylation is 1. The number of halogens is 1. The standard InChI is InChI=1S/C13H17FN2O/c1-9-4-5-11(8-12(9)14)10(2)16-7-3-6-15-13(16)17/h4-5,8,10H,3,6-7H2,1-2H3,(H,15,17). The van der Waals surface area contributed by atoms with Crippen LogP contribution in [0.4, 0.5) is 9.18 Å². The van der Waals surface area contributed by atoms with Crippen molar-refractivity contribution in [3.05, 3.63) is 35.1 Å². The maximum Gasteiger partial charge on any atom is 0.317 e. The predicted molar refractivity (Wildman–Crippen MR) is 64.3 cm³/mol. The average Bonchev–Trinajstić information content (AvgIpc) is 2.32. The number of rotatable bonds is 2. The normalized spacial score (nSPS) is 17.8. The van der Waals surface area contributed by atoms with Gasteiger partial charge >= 0.3 is 6.03 Å². The Kier molecular flexibility index (Phi) is 3.31. The lowest BCUT2D eigenvalue weighted by atomic mass is 10.0. The van der Waals surface area contributed by atoms with Gasteiger partial charge in [-0.05, 0) is 37.5 Å². The molecular weight excluding hydrogens is 219 g/mol. The van der Waals surface area contributed by atoms with Crippen molar-refractivity contribution in [3.63, 3.8) is 0 Å². The minimum Gasteiger partial charge on any atom is -0.338 e. The van der Waals surface area contributed by atoms with Gasteiger partial charge in [-0.2, -0.15) is 0 Å². The van der Waals surface area contributed by atoms with E-state index in [1.165, 1.54) is 6.07 Å². The van der Waals surface area contributed by atoms with Gasteiger partial charge in [0.05, 0.1) is 6.04 Å². The van der Waals surface area contributed by atoms with Crippen molar-refractivity contribution in [2.45, 2.75) is 26.3 Å². The molecule has 1 unspecified atom stereocenters. The number of hydrogen-bond donors (Lipinski definition) is 1. The van der Waals surface area contributed by atoms with E-state index in [4.69, 9.17) is 0 Å². The Hall–Kier alpha value is -1.58. The number of nitrogens with zero attached hydrogens (tertiary/aromatic N) is 1. The summed E-state index contributed by atoms with van der Waals surface area (Å²) >= 11 is 0. The Balaban J connectivity index is 2.20. The van der Waals surface area contributed by atoms with E-state index in [1.54, 1.807) is 17.9 Å². The van der Waals surface area contributed by atoms with Crippen LogP contribution in [0.3, 0.4) is 0 Å². The Bertz CT molecular complexity index is 433. The molecule has 3 nitrogen and oxygen atoms in total. The average molecular weight is 236 g/mol. The highest BCUT2D eigenvalue weighted by Crippen LogP contribution is 2.23. The highest BCUT2D eigenvalue weighted by molar-refractivity contribution is 5.75. The maximum atomic E-state index is 13.5. The van der Waals surface area contributed by atoms with Crippen LogP contribution in [0.5, 0.6) is 0 Å². The van der Waals surface area contributed by atoms with Gasteiger partial charge in [-0.25, -0.2) is 9.18 Å². The Labute approximate surface area is 101 Å². The number of benzene rings is 1. The van der Waals surface area contributed by atoms with Crippen molar-refractivity contribution in [3.8, 4) is 0 Å². The molecule has 1 N–H and O–H groups in total. The van der Waals surface area contributed by atoms with Gasteiger partial charge < -0.3 is 10.2 Å². The van der Waals surface area contributed by atoms with E-state index < -0.39 is 0 Å². The molecular formula is C13H17FN2O. The van der Waals surface area contributed by atoms with Crippen molar-refractivity contribution in [2.24, 2.45) is 0 Å². The number of urea groups is 1. The van der Waals surface area contributed by atoms with E-state index in [-0.39, 0.29) is 17.9 Å². The molecule has 0 spiro atoms. The molecule has 1 aliphatic heterocycles. The van der Waals surface area contributed by atoms with Crippen molar-refractivity contribution < 1.29 is 9.18 Å². The van der Waals surface area contributed by atoms with E-state index in [9.17, 15) is 9.18 Å². The SMILES string of the molecule is Cc1ccc(C(C)N2CCCNC2=O)cc1F. The highest BCUT2D eigenvalue weighted by Gasteiger charge is 2.24. The molecule has 1 saturated heterocycles. The largest absolute Gasteiger partial charge is 0.338 e. The summed E-state index contributed by atoms with van der Waals surface area (Å²) in [6.45, 7) is 5.11. The summed E-state index contributed by atoms with van der Waals surface area (Å²) in [6.07, 6.45) is 0.935. The molecule has 0 saturated carbocycles. The van der Waals surface area contributed by atoms with Gasteiger partial charge in [-0.15, -0.1) is 0 Å². The number of carbonyl (C=O) groups is 1. The van der Waals surface area contributed by atoms with Crippen molar-refractivity contribution >= 4 is 6.03 Å². The zero-order valence-corrected chi connectivity index (χ0v) is 10.2. The molecule has 0 radical (unpaired) electrons. The van der Waals surface area contributed by atoms with Crippen LogP contribution in [0.25, 0.3) is 0 Å². The second kappa shape index (κ2) is 4.73. The quantitative estimate of drug-likeness (QED) is 0.841. The molecule has 1 aromatic carbocycles. The van der Waals surface area contributed by atoms with Crippen LogP contribution < -0.4 is 5.32 Å². The zero-order chi connectivity index (χ0) is 12.4. The first kappa shape index (κ1) is 11.9. The van der Waals surface area contributed by atoms with Crippen molar-refractivity contribution in [1.29, 1.82) is 0 Å². The predicted octanol–water partition coefficient (Wildman–Crippen LogP) is 2.61. The Morgan fingerprint density at radius 3 is 2.88 bits per heavy atom. The number of nitrogens with one attached hydrogen (secondary N) is 1. The summed E-state index contributed by atoms with van der Waals surface area (Å²) in [5, 5.41) is 2.80. The first-order valence-corrected chi connectivity index (χ1v) is 5.90. The highest BCUT2D eigenvalue weighted by atomic mass is 19.1. The van der Waals surface area contributed by atoms with Gasteiger partial charge in [0, 0.05) is 13.1 Å². The molecule has 1 atom stereocenters. The lowest BCUT2D eigenvalue weighted by molar-refractivity contribution is 0.166. The van der Waals surface area contributed by atoms with E-state index in [0.29, 0.717) is 5.56 Å². The van der Waals surface area contributed by atoms with Crippen LogP contribution >= 0.6 is 0 Å². The fourth-order valence-electron chi connectivity index (χ4n) is 2.07. The summed E-state index contributed by atoms with van der Waals surface area (Å²) in [6, 6.07) is 4.99. The topological polar surface area (TPSA) is 32.3 Å². The zero-order valence-electron chi connectivity index (χ0n) is 10.2. The van der Waals surface area contributed by atoms with Crippen LogP contribution in [0.2, 0.25) is 0 Å². The second-order valence-electron chi connectivity index (χ2n) is 4.46. The third-order valence-electron chi connectivity index (χ3n) is 3.26. The minimum absolute atomic E-state index is 0.0651. The van der Waals surface area contributed by atoms with Gasteiger partial charge in [0.1, 0.15) is 5.82 Å². The van der Waals surface area contributed by atoms with Gasteiger partial charge in [-0.3, -0.25) is 0 Å².